The van der Waals surface area contributed by atoms with Crippen molar-refractivity contribution < 1.29 is 15.0 Å². The Kier molecular flexibility index (Phi) is 3.16. The van der Waals surface area contributed by atoms with Crippen molar-refractivity contribution in [3.8, 4) is 0 Å². The van der Waals surface area contributed by atoms with E-state index in [2.05, 4.69) is 36.4 Å². The van der Waals surface area contributed by atoms with E-state index in [1.807, 2.05) is 6.92 Å². The summed E-state index contributed by atoms with van der Waals surface area (Å²) in [6.07, 6.45) is 2.88. The quantitative estimate of drug-likeness (QED) is 0.896. The number of carbonyl (C=O) groups excluding carboxylic acids is 1. The molecule has 0 heterocycles. The molecule has 0 aliphatic heterocycles. The van der Waals surface area contributed by atoms with Gasteiger partial charge in [0.25, 0.3) is 0 Å². The molecule has 3 atom stereocenters. The topological polar surface area (TPSA) is 57.5 Å². The van der Waals surface area contributed by atoms with Gasteiger partial charge in [0.1, 0.15) is 12.2 Å². The third-order valence-corrected chi connectivity index (χ3v) is 6.46. The molecule has 1 fully saturated rings. The third-order valence-electron chi connectivity index (χ3n) is 6.46. The standard InChI is InChI=1S/C20H22O3/c1-19-10-8-15-14-5-3-2-4-13(14)6-7-16(15)17(19)9-11-20(19,23)18(22)12-21/h2-7,17,21,23H,8-12H2,1H3/t17-,19-,20-/m0/s1. The van der Waals surface area contributed by atoms with Gasteiger partial charge in [0, 0.05) is 5.41 Å². The first-order valence-electron chi connectivity index (χ1n) is 8.38. The summed E-state index contributed by atoms with van der Waals surface area (Å²) in [5.74, 6) is -0.247. The second-order valence-corrected chi connectivity index (χ2v) is 7.30. The van der Waals surface area contributed by atoms with E-state index in [-0.39, 0.29) is 5.92 Å². The number of carbonyl (C=O) groups is 1. The lowest BCUT2D eigenvalue weighted by Crippen LogP contribution is -2.53. The van der Waals surface area contributed by atoms with Crippen LogP contribution in [0.2, 0.25) is 0 Å². The lowest BCUT2D eigenvalue weighted by Gasteiger charge is -2.45. The van der Waals surface area contributed by atoms with Crippen LogP contribution >= 0.6 is 0 Å². The lowest BCUT2D eigenvalue weighted by molar-refractivity contribution is -0.153. The monoisotopic (exact) mass is 310 g/mol. The van der Waals surface area contributed by atoms with E-state index < -0.39 is 23.4 Å². The average molecular weight is 310 g/mol. The van der Waals surface area contributed by atoms with Gasteiger partial charge in [0.15, 0.2) is 5.78 Å². The van der Waals surface area contributed by atoms with Crippen molar-refractivity contribution in [2.75, 3.05) is 6.61 Å². The number of rotatable bonds is 2. The molecule has 4 rings (SSSR count). The van der Waals surface area contributed by atoms with Gasteiger partial charge in [-0.05, 0) is 53.5 Å². The largest absolute Gasteiger partial charge is 0.388 e. The number of aliphatic hydroxyl groups is 2. The number of benzene rings is 2. The van der Waals surface area contributed by atoms with E-state index in [1.165, 1.54) is 21.9 Å². The summed E-state index contributed by atoms with van der Waals surface area (Å²) in [5, 5.41) is 22.9. The SMILES string of the molecule is C[C@]12CCc3c(ccc4ccccc34)[C@@H]1CC[C@]2(O)C(=O)CO. The number of ketones is 1. The maximum absolute atomic E-state index is 12.2. The Morgan fingerprint density at radius 2 is 2.00 bits per heavy atom. The van der Waals surface area contributed by atoms with Gasteiger partial charge in [-0.3, -0.25) is 4.79 Å². The summed E-state index contributed by atoms with van der Waals surface area (Å²) in [4.78, 5) is 12.2. The van der Waals surface area contributed by atoms with Crippen LogP contribution in [-0.2, 0) is 11.2 Å². The van der Waals surface area contributed by atoms with E-state index in [9.17, 15) is 15.0 Å². The van der Waals surface area contributed by atoms with Crippen LogP contribution in [0.5, 0.6) is 0 Å². The first kappa shape index (κ1) is 14.9. The number of hydrogen-bond donors (Lipinski definition) is 2. The van der Waals surface area contributed by atoms with Crippen LogP contribution in [0.15, 0.2) is 36.4 Å². The van der Waals surface area contributed by atoms with Crippen molar-refractivity contribution in [1.29, 1.82) is 0 Å². The maximum atomic E-state index is 12.2. The van der Waals surface area contributed by atoms with Gasteiger partial charge >= 0.3 is 0 Å². The van der Waals surface area contributed by atoms with Crippen molar-refractivity contribution in [1.82, 2.24) is 0 Å². The highest BCUT2D eigenvalue weighted by molar-refractivity contribution is 5.91. The van der Waals surface area contributed by atoms with Crippen molar-refractivity contribution in [3.05, 3.63) is 47.5 Å². The van der Waals surface area contributed by atoms with E-state index in [0.717, 1.165) is 19.3 Å². The second-order valence-electron chi connectivity index (χ2n) is 7.30. The number of Topliss-reactive ketones (excluding diaryl/α,β-unsaturated/α-hetero) is 1. The Morgan fingerprint density at radius 1 is 1.22 bits per heavy atom. The van der Waals surface area contributed by atoms with Crippen LogP contribution in [0.1, 0.15) is 43.2 Å². The molecule has 0 aromatic heterocycles. The fraction of sp³-hybridized carbons (Fsp3) is 0.450. The molecule has 0 unspecified atom stereocenters. The normalized spacial score (nSPS) is 32.6. The minimum Gasteiger partial charge on any atom is -0.388 e. The molecule has 0 amide bonds. The summed E-state index contributed by atoms with van der Waals surface area (Å²) in [5.41, 5.74) is 0.767. The lowest BCUT2D eigenvalue weighted by atomic mass is 9.60. The summed E-state index contributed by atoms with van der Waals surface area (Å²) in [7, 11) is 0. The fourth-order valence-corrected chi connectivity index (χ4v) is 5.06. The van der Waals surface area contributed by atoms with E-state index in [1.54, 1.807) is 0 Å². The number of fused-ring (bicyclic) bond motifs is 5. The molecule has 1 saturated carbocycles. The Labute approximate surface area is 136 Å². The Morgan fingerprint density at radius 3 is 2.78 bits per heavy atom. The minimum absolute atomic E-state index is 0.177. The highest BCUT2D eigenvalue weighted by Gasteiger charge is 2.61. The molecule has 23 heavy (non-hydrogen) atoms. The highest BCUT2D eigenvalue weighted by atomic mass is 16.3. The van der Waals surface area contributed by atoms with E-state index in [0.29, 0.717) is 6.42 Å². The van der Waals surface area contributed by atoms with Crippen molar-refractivity contribution >= 4 is 16.6 Å². The van der Waals surface area contributed by atoms with Crippen LogP contribution in [0, 0.1) is 5.41 Å². The molecule has 120 valence electrons. The average Bonchev–Trinajstić information content (AvgIpc) is 2.86. The zero-order chi connectivity index (χ0) is 16.2. The van der Waals surface area contributed by atoms with Gasteiger partial charge in [-0.1, -0.05) is 43.3 Å². The van der Waals surface area contributed by atoms with Gasteiger partial charge in [0.05, 0.1) is 0 Å². The number of aliphatic hydroxyl groups excluding tert-OH is 1. The molecule has 0 radical (unpaired) electrons. The summed E-state index contributed by atoms with van der Waals surface area (Å²) < 4.78 is 0. The fourth-order valence-electron chi connectivity index (χ4n) is 5.06. The summed E-state index contributed by atoms with van der Waals surface area (Å²) in [6, 6.07) is 12.7. The molecule has 2 aromatic rings. The van der Waals surface area contributed by atoms with Gasteiger partial charge in [-0.15, -0.1) is 0 Å². The zero-order valence-electron chi connectivity index (χ0n) is 13.4. The Hall–Kier alpha value is -1.71. The first-order valence-corrected chi connectivity index (χ1v) is 8.38. The molecule has 0 bridgehead atoms. The summed E-state index contributed by atoms with van der Waals surface area (Å²) >= 11 is 0. The molecule has 2 aliphatic carbocycles. The molecule has 3 heteroatoms. The second kappa shape index (κ2) is 4.89. The van der Waals surface area contributed by atoms with Crippen LogP contribution in [0.3, 0.4) is 0 Å². The molecular weight excluding hydrogens is 288 g/mol. The maximum Gasteiger partial charge on any atom is 0.190 e. The number of aryl methyl sites for hydroxylation is 1. The Balaban J connectivity index is 1.87. The third kappa shape index (κ3) is 1.81. The Bertz CT molecular complexity index is 797. The molecule has 0 saturated heterocycles. The van der Waals surface area contributed by atoms with Gasteiger partial charge < -0.3 is 10.2 Å². The van der Waals surface area contributed by atoms with E-state index in [4.69, 9.17) is 0 Å². The molecule has 2 N–H and O–H groups in total. The van der Waals surface area contributed by atoms with Crippen molar-refractivity contribution in [3.63, 3.8) is 0 Å². The van der Waals surface area contributed by atoms with Gasteiger partial charge in [-0.25, -0.2) is 0 Å². The van der Waals surface area contributed by atoms with Crippen molar-refractivity contribution in [2.45, 2.75) is 44.1 Å². The van der Waals surface area contributed by atoms with Gasteiger partial charge in [0.2, 0.25) is 0 Å². The molecule has 0 spiro atoms. The van der Waals surface area contributed by atoms with Gasteiger partial charge in [-0.2, -0.15) is 0 Å². The van der Waals surface area contributed by atoms with Crippen LogP contribution < -0.4 is 0 Å². The summed E-state index contributed by atoms with van der Waals surface area (Å²) in [6.45, 7) is 1.44. The van der Waals surface area contributed by atoms with Crippen molar-refractivity contribution in [2.24, 2.45) is 5.41 Å². The molecule has 2 aromatic carbocycles. The van der Waals surface area contributed by atoms with E-state index >= 15 is 0 Å². The van der Waals surface area contributed by atoms with Crippen LogP contribution in [-0.4, -0.2) is 28.2 Å². The molecule has 2 aliphatic rings. The van der Waals surface area contributed by atoms with Crippen LogP contribution in [0.4, 0.5) is 0 Å². The predicted molar refractivity (Wildman–Crippen MR) is 89.4 cm³/mol. The first-order chi connectivity index (χ1) is 11.0. The number of hydrogen-bond acceptors (Lipinski definition) is 3. The minimum atomic E-state index is -1.39. The smallest absolute Gasteiger partial charge is 0.190 e. The van der Waals surface area contributed by atoms with Crippen LogP contribution in [0.25, 0.3) is 10.8 Å². The molecular formula is C20H22O3. The zero-order valence-corrected chi connectivity index (χ0v) is 13.4. The molecule has 3 nitrogen and oxygen atoms in total. The highest BCUT2D eigenvalue weighted by Crippen LogP contribution is 2.61. The predicted octanol–water partition coefficient (Wildman–Crippen LogP) is 2.96.